The molecule has 1 N–H and O–H groups in total. The Kier molecular flexibility index (Phi) is 9.02. The summed E-state index contributed by atoms with van der Waals surface area (Å²) in [6, 6.07) is 35.1. The summed E-state index contributed by atoms with van der Waals surface area (Å²) in [5, 5.41) is 7.45. The molecular formula is C28H26ClNOPY+. The summed E-state index contributed by atoms with van der Waals surface area (Å²) in [6.45, 7) is 3.95. The Hall–Kier alpha value is -1.83. The maximum atomic E-state index is 13.6. The van der Waals surface area contributed by atoms with Crippen LogP contribution in [0.3, 0.4) is 0 Å². The standard InChI is InChI=1S/C28H25ClNOP.Y/c1-21-18-23(29)19-22(2)28(21)30-27(31)20-32(24-12-6-3-7-13-24,25-14-8-4-9-15-25)26-16-10-5-11-17-26;/h3-19H,20H2,1-2H3;/p+1. The molecule has 0 bridgehead atoms. The molecule has 4 aromatic rings. The predicted octanol–water partition coefficient (Wildman–Crippen LogP) is 5.89. The van der Waals surface area contributed by atoms with Gasteiger partial charge in [-0.1, -0.05) is 66.2 Å². The summed E-state index contributed by atoms with van der Waals surface area (Å²) in [4.78, 5) is 13.6. The number of rotatable bonds is 6. The molecule has 0 heterocycles. The van der Waals surface area contributed by atoms with Crippen molar-refractivity contribution in [3.8, 4) is 0 Å². The average molecular weight is 548 g/mol. The van der Waals surface area contributed by atoms with Gasteiger partial charge in [-0.05, 0) is 73.5 Å². The number of halogens is 1. The van der Waals surface area contributed by atoms with E-state index in [2.05, 4.69) is 78.1 Å². The number of aryl methyl sites for hydroxylation is 2. The molecule has 0 fully saturated rings. The second kappa shape index (κ2) is 11.5. The number of nitrogens with one attached hydrogen (secondary N) is 1. The van der Waals surface area contributed by atoms with Gasteiger partial charge in [-0.2, -0.15) is 0 Å². The number of hydrogen-bond donors (Lipinski definition) is 1. The Bertz CT molecular complexity index is 1100. The van der Waals surface area contributed by atoms with Crippen molar-refractivity contribution in [3.05, 3.63) is 119 Å². The number of carbonyl (C=O) groups is 1. The molecule has 0 aliphatic carbocycles. The molecule has 2 nitrogen and oxygen atoms in total. The van der Waals surface area contributed by atoms with Crippen LogP contribution >= 0.6 is 18.9 Å². The molecule has 163 valence electrons. The molecule has 0 aromatic heterocycles. The number of hydrogen-bond acceptors (Lipinski definition) is 1. The number of amides is 1. The van der Waals surface area contributed by atoms with Crippen LogP contribution in [0.2, 0.25) is 5.02 Å². The summed E-state index contributed by atoms with van der Waals surface area (Å²) in [6.07, 6.45) is 0.381. The van der Waals surface area contributed by atoms with Crippen LogP contribution in [-0.2, 0) is 37.5 Å². The van der Waals surface area contributed by atoms with Gasteiger partial charge in [-0.3, -0.25) is 4.79 Å². The minimum Gasteiger partial charge on any atom is -0.322 e. The third-order valence-corrected chi connectivity index (χ3v) is 10.3. The van der Waals surface area contributed by atoms with Gasteiger partial charge in [0.05, 0.1) is 0 Å². The molecule has 0 saturated carbocycles. The van der Waals surface area contributed by atoms with Crippen molar-refractivity contribution >= 4 is 46.4 Å². The fourth-order valence-electron chi connectivity index (χ4n) is 4.27. The van der Waals surface area contributed by atoms with Gasteiger partial charge in [0, 0.05) is 43.4 Å². The van der Waals surface area contributed by atoms with Gasteiger partial charge in [-0.25, -0.2) is 0 Å². The summed E-state index contributed by atoms with van der Waals surface area (Å²) in [5.41, 5.74) is 2.77. The van der Waals surface area contributed by atoms with Gasteiger partial charge in [0.1, 0.15) is 23.2 Å². The topological polar surface area (TPSA) is 29.1 Å². The Morgan fingerprint density at radius 3 is 1.45 bits per heavy atom. The van der Waals surface area contributed by atoms with E-state index in [0.29, 0.717) is 11.2 Å². The second-order valence-electron chi connectivity index (χ2n) is 7.94. The number of carbonyl (C=O) groups excluding carboxylic acids is 1. The van der Waals surface area contributed by atoms with E-state index in [1.807, 2.05) is 44.2 Å². The minimum atomic E-state index is -2.22. The quantitative estimate of drug-likeness (QED) is 0.300. The minimum absolute atomic E-state index is 0. The van der Waals surface area contributed by atoms with Crippen LogP contribution in [0.4, 0.5) is 5.69 Å². The zero-order valence-electron chi connectivity index (χ0n) is 18.8. The first-order valence-corrected chi connectivity index (χ1v) is 13.0. The predicted molar refractivity (Wildman–Crippen MR) is 140 cm³/mol. The van der Waals surface area contributed by atoms with Gasteiger partial charge >= 0.3 is 0 Å². The van der Waals surface area contributed by atoms with Crippen molar-refractivity contribution in [2.75, 3.05) is 11.5 Å². The number of anilines is 1. The Balaban J connectivity index is 0.00000306. The van der Waals surface area contributed by atoms with Gasteiger partial charge in [0.2, 0.25) is 0 Å². The monoisotopic (exact) mass is 547 g/mol. The Morgan fingerprint density at radius 2 is 1.09 bits per heavy atom. The zero-order chi connectivity index (χ0) is 22.6. The van der Waals surface area contributed by atoms with Crippen molar-refractivity contribution in [1.82, 2.24) is 0 Å². The fourth-order valence-corrected chi connectivity index (χ4v) is 8.59. The maximum absolute atomic E-state index is 13.6. The number of benzene rings is 4. The van der Waals surface area contributed by atoms with Crippen LogP contribution < -0.4 is 21.2 Å². The molecule has 4 aromatic carbocycles. The van der Waals surface area contributed by atoms with Crippen molar-refractivity contribution in [2.24, 2.45) is 0 Å². The van der Waals surface area contributed by atoms with Crippen LogP contribution in [0.5, 0.6) is 0 Å². The first-order valence-electron chi connectivity index (χ1n) is 10.6. The van der Waals surface area contributed by atoms with Crippen LogP contribution in [0.1, 0.15) is 11.1 Å². The molecule has 0 aliphatic rings. The van der Waals surface area contributed by atoms with Crippen molar-refractivity contribution < 1.29 is 37.5 Å². The Morgan fingerprint density at radius 1 is 0.727 bits per heavy atom. The summed E-state index contributed by atoms with van der Waals surface area (Å²) < 4.78 is 0. The molecule has 0 aliphatic heterocycles. The SMILES string of the molecule is Cc1cc(Cl)cc(C)c1NC(=O)C[P+](c1ccccc1)(c1ccccc1)c1ccccc1.[Y]. The van der Waals surface area contributed by atoms with E-state index in [4.69, 9.17) is 11.6 Å². The summed E-state index contributed by atoms with van der Waals surface area (Å²) in [5.74, 6) is 0.00316. The van der Waals surface area contributed by atoms with E-state index in [1.165, 1.54) is 15.9 Å². The summed E-state index contributed by atoms with van der Waals surface area (Å²) in [7, 11) is -2.22. The fraction of sp³-hybridized carbons (Fsp3) is 0.107. The molecule has 4 rings (SSSR count). The first kappa shape index (κ1) is 25.8. The van der Waals surface area contributed by atoms with Crippen LogP contribution in [0.25, 0.3) is 0 Å². The van der Waals surface area contributed by atoms with Crippen molar-refractivity contribution in [2.45, 2.75) is 13.8 Å². The normalized spacial score (nSPS) is 10.9. The molecule has 0 spiro atoms. The van der Waals surface area contributed by atoms with E-state index in [-0.39, 0.29) is 38.6 Å². The largest absolute Gasteiger partial charge is 0.322 e. The van der Waals surface area contributed by atoms with Gasteiger partial charge < -0.3 is 5.32 Å². The van der Waals surface area contributed by atoms with E-state index in [1.54, 1.807) is 0 Å². The molecule has 5 heteroatoms. The van der Waals surface area contributed by atoms with E-state index in [9.17, 15) is 4.79 Å². The zero-order valence-corrected chi connectivity index (χ0v) is 23.3. The summed E-state index contributed by atoms with van der Waals surface area (Å²) >= 11 is 6.20. The van der Waals surface area contributed by atoms with Gasteiger partial charge in [-0.15, -0.1) is 0 Å². The van der Waals surface area contributed by atoms with Crippen molar-refractivity contribution in [1.29, 1.82) is 0 Å². The van der Waals surface area contributed by atoms with Gasteiger partial charge in [0.25, 0.3) is 5.91 Å². The van der Waals surface area contributed by atoms with E-state index >= 15 is 0 Å². The van der Waals surface area contributed by atoms with Crippen molar-refractivity contribution in [3.63, 3.8) is 0 Å². The molecule has 0 atom stereocenters. The van der Waals surface area contributed by atoms with Crippen LogP contribution in [0.15, 0.2) is 103 Å². The molecular weight excluding hydrogens is 522 g/mol. The van der Waals surface area contributed by atoms with E-state index in [0.717, 1.165) is 16.8 Å². The van der Waals surface area contributed by atoms with Crippen LogP contribution in [-0.4, -0.2) is 12.1 Å². The Labute approximate surface area is 227 Å². The third-order valence-electron chi connectivity index (χ3n) is 5.73. The maximum Gasteiger partial charge on any atom is 0.263 e. The van der Waals surface area contributed by atoms with Gasteiger partial charge in [0.15, 0.2) is 6.16 Å². The smallest absolute Gasteiger partial charge is 0.263 e. The second-order valence-corrected chi connectivity index (χ2v) is 11.9. The molecule has 0 unspecified atom stereocenters. The molecule has 0 saturated heterocycles. The molecule has 1 radical (unpaired) electrons. The van der Waals surface area contributed by atoms with Crippen LogP contribution in [0, 0.1) is 13.8 Å². The third kappa shape index (κ3) is 5.64. The first-order chi connectivity index (χ1) is 15.5. The van der Waals surface area contributed by atoms with E-state index < -0.39 is 7.26 Å². The molecule has 33 heavy (non-hydrogen) atoms. The average Bonchev–Trinajstić information content (AvgIpc) is 2.81. The molecule has 1 amide bonds.